The van der Waals surface area contributed by atoms with Crippen molar-refractivity contribution in [1.82, 2.24) is 0 Å². The van der Waals surface area contributed by atoms with E-state index in [4.69, 9.17) is 14.2 Å². The second kappa shape index (κ2) is 3.89. The van der Waals surface area contributed by atoms with Crippen molar-refractivity contribution in [3.05, 3.63) is 23.8 Å². The summed E-state index contributed by atoms with van der Waals surface area (Å²) in [6.45, 7) is 7.98. The lowest BCUT2D eigenvalue weighted by atomic mass is 9.77. The van der Waals surface area contributed by atoms with E-state index >= 15 is 0 Å². The number of benzene rings is 1. The van der Waals surface area contributed by atoms with E-state index < -0.39 is 0 Å². The van der Waals surface area contributed by atoms with E-state index in [2.05, 4.69) is 32.9 Å². The van der Waals surface area contributed by atoms with Crippen LogP contribution in [0.2, 0.25) is 0 Å². The molecule has 0 amide bonds. The van der Waals surface area contributed by atoms with E-state index in [0.717, 1.165) is 30.9 Å². The Morgan fingerprint density at radius 1 is 1.17 bits per heavy atom. The van der Waals surface area contributed by atoms with Gasteiger partial charge in [-0.3, -0.25) is 0 Å². The highest BCUT2D eigenvalue weighted by atomic mass is 16.7. The van der Waals surface area contributed by atoms with Crippen LogP contribution >= 0.6 is 0 Å². The van der Waals surface area contributed by atoms with Gasteiger partial charge in [-0.15, -0.1) is 0 Å². The van der Waals surface area contributed by atoms with Gasteiger partial charge in [0.15, 0.2) is 11.5 Å². The summed E-state index contributed by atoms with van der Waals surface area (Å²) in [5.41, 5.74) is 1.57. The number of aryl methyl sites for hydroxylation is 1. The topological polar surface area (TPSA) is 31.0 Å². The van der Waals surface area contributed by atoms with Gasteiger partial charge in [-0.05, 0) is 36.0 Å². The largest absolute Gasteiger partial charge is 0.454 e. The highest BCUT2D eigenvalue weighted by molar-refractivity contribution is 5.44. The molecule has 1 fully saturated rings. The van der Waals surface area contributed by atoms with E-state index in [-0.39, 0.29) is 11.0 Å². The maximum Gasteiger partial charge on any atom is 0.231 e. The smallest absolute Gasteiger partial charge is 0.231 e. The summed E-state index contributed by atoms with van der Waals surface area (Å²) in [5, 5.41) is 0. The van der Waals surface area contributed by atoms with E-state index in [9.17, 15) is 0 Å². The quantitative estimate of drug-likeness (QED) is 0.770. The third-order valence-corrected chi connectivity index (χ3v) is 4.11. The fourth-order valence-corrected chi connectivity index (χ4v) is 2.48. The van der Waals surface area contributed by atoms with Crippen molar-refractivity contribution in [2.45, 2.75) is 39.2 Å². The Morgan fingerprint density at radius 3 is 2.56 bits per heavy atom. The van der Waals surface area contributed by atoms with Gasteiger partial charge in [0.2, 0.25) is 6.79 Å². The molecule has 3 nitrogen and oxygen atoms in total. The normalized spacial score (nSPS) is 25.3. The second-order valence-electron chi connectivity index (χ2n) is 6.22. The number of fused-ring (bicyclic) bond motifs is 1. The van der Waals surface area contributed by atoms with E-state index in [0.29, 0.717) is 6.79 Å². The molecule has 0 spiro atoms. The first kappa shape index (κ1) is 11.8. The van der Waals surface area contributed by atoms with Gasteiger partial charge in [0.1, 0.15) is 0 Å². The Kier molecular flexibility index (Phi) is 2.56. The average Bonchev–Trinajstić information content (AvgIpc) is 2.98. The molecule has 1 atom stereocenters. The molecule has 0 aromatic heterocycles. The zero-order valence-electron chi connectivity index (χ0n) is 11.3. The molecule has 0 aliphatic carbocycles. The van der Waals surface area contributed by atoms with Crippen LogP contribution in [0.15, 0.2) is 18.2 Å². The molecule has 3 rings (SSSR count). The highest BCUT2D eigenvalue weighted by Crippen LogP contribution is 2.47. The number of hydrogen-bond acceptors (Lipinski definition) is 3. The van der Waals surface area contributed by atoms with Gasteiger partial charge in [-0.25, -0.2) is 0 Å². The molecular weight excluding hydrogens is 228 g/mol. The van der Waals surface area contributed by atoms with Crippen LogP contribution < -0.4 is 9.47 Å². The maximum atomic E-state index is 5.72. The minimum absolute atomic E-state index is 0.0728. The first-order valence-corrected chi connectivity index (χ1v) is 6.53. The fraction of sp³-hybridized carbons (Fsp3) is 0.600. The van der Waals surface area contributed by atoms with Crippen LogP contribution in [0.5, 0.6) is 11.5 Å². The molecule has 1 aromatic rings. The van der Waals surface area contributed by atoms with Crippen LogP contribution in [-0.2, 0) is 11.2 Å². The minimum atomic E-state index is 0.0728. The molecular formula is C15H20O3. The number of rotatable bonds is 3. The molecule has 0 saturated carbocycles. The van der Waals surface area contributed by atoms with Crippen molar-refractivity contribution < 1.29 is 14.2 Å². The third kappa shape index (κ3) is 1.97. The van der Waals surface area contributed by atoms with E-state index in [1.54, 1.807) is 0 Å². The van der Waals surface area contributed by atoms with E-state index in [1.165, 1.54) is 5.56 Å². The number of epoxide rings is 1. The SMILES string of the molecule is CC(C)(C)C1(CCc2ccc3c(c2)OCO3)CO1. The minimum Gasteiger partial charge on any atom is -0.454 e. The van der Waals surface area contributed by atoms with Crippen molar-refractivity contribution in [3.8, 4) is 11.5 Å². The summed E-state index contributed by atoms with van der Waals surface area (Å²) in [5.74, 6) is 1.72. The van der Waals surface area contributed by atoms with Gasteiger partial charge in [0, 0.05) is 0 Å². The summed E-state index contributed by atoms with van der Waals surface area (Å²) < 4.78 is 16.4. The predicted octanol–water partition coefficient (Wildman–Crippen LogP) is 3.16. The Labute approximate surface area is 108 Å². The van der Waals surface area contributed by atoms with Crippen molar-refractivity contribution in [2.24, 2.45) is 5.41 Å². The average molecular weight is 248 g/mol. The highest BCUT2D eigenvalue weighted by Gasteiger charge is 2.53. The van der Waals surface area contributed by atoms with Gasteiger partial charge in [0.05, 0.1) is 12.2 Å². The van der Waals surface area contributed by atoms with Crippen LogP contribution in [0.25, 0.3) is 0 Å². The summed E-state index contributed by atoms with van der Waals surface area (Å²) in [4.78, 5) is 0. The fourth-order valence-electron chi connectivity index (χ4n) is 2.48. The molecule has 2 heterocycles. The van der Waals surface area contributed by atoms with Crippen LogP contribution in [0.1, 0.15) is 32.8 Å². The Balaban J connectivity index is 1.68. The van der Waals surface area contributed by atoms with Gasteiger partial charge >= 0.3 is 0 Å². The molecule has 2 aliphatic heterocycles. The summed E-state index contributed by atoms with van der Waals surface area (Å²) >= 11 is 0. The molecule has 98 valence electrons. The van der Waals surface area contributed by atoms with Crippen molar-refractivity contribution >= 4 is 0 Å². The standard InChI is InChI=1S/C15H20O3/c1-14(2,3)15(9-18-15)7-6-11-4-5-12-13(8-11)17-10-16-12/h4-5,8H,6-7,9-10H2,1-3H3. The maximum absolute atomic E-state index is 5.72. The molecule has 1 aromatic carbocycles. The van der Waals surface area contributed by atoms with Crippen LogP contribution in [-0.4, -0.2) is 19.0 Å². The van der Waals surface area contributed by atoms with Gasteiger partial charge in [-0.2, -0.15) is 0 Å². The summed E-state index contributed by atoms with van der Waals surface area (Å²) in [6, 6.07) is 6.20. The Morgan fingerprint density at radius 2 is 1.89 bits per heavy atom. The predicted molar refractivity (Wildman–Crippen MR) is 69.0 cm³/mol. The Hall–Kier alpha value is -1.22. The molecule has 1 saturated heterocycles. The van der Waals surface area contributed by atoms with Gasteiger partial charge in [-0.1, -0.05) is 26.8 Å². The number of hydrogen-bond donors (Lipinski definition) is 0. The molecule has 2 aliphatic rings. The molecule has 18 heavy (non-hydrogen) atoms. The first-order chi connectivity index (χ1) is 8.50. The second-order valence-corrected chi connectivity index (χ2v) is 6.22. The molecule has 3 heteroatoms. The molecule has 0 N–H and O–H groups in total. The lowest BCUT2D eigenvalue weighted by molar-refractivity contribution is 0.145. The van der Waals surface area contributed by atoms with Crippen LogP contribution in [0, 0.1) is 5.41 Å². The summed E-state index contributed by atoms with van der Waals surface area (Å²) in [6.07, 6.45) is 2.09. The molecule has 1 unspecified atom stereocenters. The molecule has 0 radical (unpaired) electrons. The zero-order valence-corrected chi connectivity index (χ0v) is 11.3. The van der Waals surface area contributed by atoms with Crippen LogP contribution in [0.3, 0.4) is 0 Å². The van der Waals surface area contributed by atoms with Crippen molar-refractivity contribution in [1.29, 1.82) is 0 Å². The van der Waals surface area contributed by atoms with Crippen LogP contribution in [0.4, 0.5) is 0 Å². The summed E-state index contributed by atoms with van der Waals surface area (Å²) in [7, 11) is 0. The molecule has 0 bridgehead atoms. The van der Waals surface area contributed by atoms with Crippen molar-refractivity contribution in [3.63, 3.8) is 0 Å². The lowest BCUT2D eigenvalue weighted by Crippen LogP contribution is -2.30. The van der Waals surface area contributed by atoms with Gasteiger partial charge in [0.25, 0.3) is 0 Å². The van der Waals surface area contributed by atoms with Crippen molar-refractivity contribution in [2.75, 3.05) is 13.4 Å². The first-order valence-electron chi connectivity index (χ1n) is 6.53. The zero-order chi connectivity index (χ0) is 12.8. The number of ether oxygens (including phenoxy) is 3. The monoisotopic (exact) mass is 248 g/mol. The third-order valence-electron chi connectivity index (χ3n) is 4.11. The Bertz CT molecular complexity index is 455. The lowest BCUT2D eigenvalue weighted by Gasteiger charge is -2.27. The van der Waals surface area contributed by atoms with E-state index in [1.807, 2.05) is 6.07 Å². The van der Waals surface area contributed by atoms with Gasteiger partial charge < -0.3 is 14.2 Å².